The molecule has 4 nitrogen and oxygen atoms in total. The third-order valence-corrected chi connectivity index (χ3v) is 10.4. The number of carboxylic acids is 1. The van der Waals surface area contributed by atoms with Gasteiger partial charge in [-0.05, 0) is 98.4 Å². The lowest BCUT2D eigenvalue weighted by atomic mass is 9.47. The Morgan fingerprint density at radius 2 is 1.71 bits per heavy atom. The van der Waals surface area contributed by atoms with Gasteiger partial charge in [-0.3, -0.25) is 9.59 Å². The highest BCUT2D eigenvalue weighted by molar-refractivity contribution is 5.91. The van der Waals surface area contributed by atoms with Crippen molar-refractivity contribution in [1.82, 2.24) is 0 Å². The third kappa shape index (κ3) is 4.03. The zero-order valence-electron chi connectivity index (χ0n) is 19.7. The minimum absolute atomic E-state index is 0.0823. The maximum absolute atomic E-state index is 11.8. The van der Waals surface area contributed by atoms with Gasteiger partial charge in [-0.2, -0.15) is 0 Å². The highest BCUT2D eigenvalue weighted by Crippen LogP contribution is 2.65. The van der Waals surface area contributed by atoms with Gasteiger partial charge in [-0.25, -0.2) is 0 Å². The number of fused-ring (bicyclic) bond motifs is 5. The first-order chi connectivity index (χ1) is 14.7. The molecule has 5 aliphatic rings. The van der Waals surface area contributed by atoms with Gasteiger partial charge in [0.25, 0.3) is 0 Å². The van der Waals surface area contributed by atoms with Crippen molar-refractivity contribution in [2.75, 3.05) is 0 Å². The number of allylic oxidation sites excluding steroid dienone is 1. The molecule has 2 N–H and O–H groups in total. The summed E-state index contributed by atoms with van der Waals surface area (Å²) < 4.78 is 0. The van der Waals surface area contributed by atoms with Crippen molar-refractivity contribution >= 4 is 11.8 Å². The van der Waals surface area contributed by atoms with E-state index < -0.39 is 5.97 Å². The first-order valence-electron chi connectivity index (χ1n) is 12.8. The molecule has 0 aromatic heterocycles. The Kier molecular flexibility index (Phi) is 6.42. The van der Waals surface area contributed by atoms with E-state index >= 15 is 0 Å². The van der Waals surface area contributed by atoms with E-state index in [-0.39, 0.29) is 22.9 Å². The highest BCUT2D eigenvalue weighted by atomic mass is 16.4. The first-order valence-corrected chi connectivity index (χ1v) is 12.8. The van der Waals surface area contributed by atoms with Gasteiger partial charge in [0, 0.05) is 6.42 Å². The van der Waals surface area contributed by atoms with Crippen molar-refractivity contribution < 1.29 is 19.8 Å². The van der Waals surface area contributed by atoms with E-state index in [9.17, 15) is 14.7 Å². The van der Waals surface area contributed by atoms with Gasteiger partial charge in [0.1, 0.15) is 0 Å². The fourth-order valence-electron chi connectivity index (χ4n) is 8.19. The highest BCUT2D eigenvalue weighted by Gasteiger charge is 2.58. The number of hydrogen-bond donors (Lipinski definition) is 2. The van der Waals surface area contributed by atoms with E-state index in [1.54, 1.807) is 0 Å². The van der Waals surface area contributed by atoms with Crippen LogP contribution in [0.2, 0.25) is 0 Å². The molecule has 5 rings (SSSR count). The molecule has 5 aliphatic carbocycles. The number of carbonyl (C=O) groups is 2. The van der Waals surface area contributed by atoms with Crippen LogP contribution in [0.3, 0.4) is 0 Å². The summed E-state index contributed by atoms with van der Waals surface area (Å²) >= 11 is 0. The van der Waals surface area contributed by atoms with Crippen LogP contribution in [0.1, 0.15) is 97.8 Å². The first kappa shape index (κ1) is 23.0. The number of aliphatic hydroxyl groups excluding tert-OH is 1. The largest absolute Gasteiger partial charge is 0.481 e. The number of rotatable bonds is 2. The molecule has 31 heavy (non-hydrogen) atoms. The molecule has 0 amide bonds. The molecule has 174 valence electrons. The van der Waals surface area contributed by atoms with Crippen LogP contribution in [0, 0.1) is 40.4 Å². The van der Waals surface area contributed by atoms with Crippen molar-refractivity contribution in [3.05, 3.63) is 11.6 Å². The van der Waals surface area contributed by atoms with Crippen molar-refractivity contribution in [1.29, 1.82) is 0 Å². The molecule has 0 aliphatic heterocycles. The number of hydrogen-bond acceptors (Lipinski definition) is 3. The van der Waals surface area contributed by atoms with Gasteiger partial charge in [-0.1, -0.05) is 39.2 Å². The molecule has 0 heterocycles. The van der Waals surface area contributed by atoms with Crippen LogP contribution in [0.5, 0.6) is 0 Å². The summed E-state index contributed by atoms with van der Waals surface area (Å²) in [5, 5.41) is 19.1. The molecule has 4 fully saturated rings. The second kappa shape index (κ2) is 8.65. The van der Waals surface area contributed by atoms with Gasteiger partial charge >= 0.3 is 5.97 Å². The molecular formula is C27H42O4. The van der Waals surface area contributed by atoms with E-state index in [0.29, 0.717) is 17.6 Å². The molecule has 4 heteroatoms. The Bertz CT molecular complexity index is 736. The topological polar surface area (TPSA) is 74.6 Å². The molecule has 0 aromatic rings. The second-order valence-electron chi connectivity index (χ2n) is 11.8. The van der Waals surface area contributed by atoms with Crippen LogP contribution in [0.4, 0.5) is 0 Å². The Morgan fingerprint density at radius 1 is 1.00 bits per heavy atom. The summed E-state index contributed by atoms with van der Waals surface area (Å²) in [6.45, 7) is 6.58. The van der Waals surface area contributed by atoms with Gasteiger partial charge < -0.3 is 10.2 Å². The molecule has 0 spiro atoms. The number of carboxylic acid groups (broad SMARTS) is 1. The molecule has 0 bridgehead atoms. The lowest BCUT2D eigenvalue weighted by Crippen LogP contribution is -2.51. The molecule has 0 saturated heterocycles. The zero-order valence-corrected chi connectivity index (χ0v) is 19.7. The molecular weight excluding hydrogens is 388 g/mol. The van der Waals surface area contributed by atoms with Crippen LogP contribution in [-0.2, 0) is 9.59 Å². The van der Waals surface area contributed by atoms with Gasteiger partial charge in [-0.15, -0.1) is 0 Å². The number of aliphatic carboxylic acids is 1. The molecule has 0 radical (unpaired) electrons. The van der Waals surface area contributed by atoms with Crippen molar-refractivity contribution in [2.24, 2.45) is 40.4 Å². The number of carbonyl (C=O) groups excluding carboxylic acids is 1. The standard InChI is InChI=1S/C19H28O2.C8H14O2/c1-18-9-7-13(20)11-12(18)3-4-14-15-5-6-17(21)19(15,2)10-8-16(14)18;1-6(8(9)10)7-4-2-3-5-7/h11,14-17,21H,3-10H2,1-2H3;6-7H,2-5H2,1H3,(H,9,10)/t14-,15-,16-,17-,18-,19-;/m0./s1. The summed E-state index contributed by atoms with van der Waals surface area (Å²) in [6, 6.07) is 0. The minimum Gasteiger partial charge on any atom is -0.481 e. The minimum atomic E-state index is -0.632. The van der Waals surface area contributed by atoms with E-state index in [1.165, 1.54) is 44.1 Å². The van der Waals surface area contributed by atoms with Gasteiger partial charge in [0.05, 0.1) is 12.0 Å². The fourth-order valence-corrected chi connectivity index (χ4v) is 8.19. The van der Waals surface area contributed by atoms with Crippen molar-refractivity contribution in [3.63, 3.8) is 0 Å². The monoisotopic (exact) mass is 430 g/mol. The van der Waals surface area contributed by atoms with Gasteiger partial charge in [0.15, 0.2) is 5.78 Å². The van der Waals surface area contributed by atoms with E-state index in [0.717, 1.165) is 50.4 Å². The maximum atomic E-state index is 11.8. The second-order valence-corrected chi connectivity index (χ2v) is 11.8. The van der Waals surface area contributed by atoms with Crippen LogP contribution in [0.25, 0.3) is 0 Å². The van der Waals surface area contributed by atoms with Crippen LogP contribution in [0.15, 0.2) is 11.6 Å². The van der Waals surface area contributed by atoms with E-state index in [2.05, 4.69) is 13.8 Å². The summed E-state index contributed by atoms with van der Waals surface area (Å²) in [7, 11) is 0. The van der Waals surface area contributed by atoms with Crippen LogP contribution >= 0.6 is 0 Å². The van der Waals surface area contributed by atoms with E-state index in [4.69, 9.17) is 5.11 Å². The SMILES string of the molecule is CC(C(=O)O)C1CCCC1.C[C@]12CC[C@H]3[C@@H](CCC4=CC(=O)CC[C@@]43C)[C@@H]1CC[C@@H]2O. The van der Waals surface area contributed by atoms with Gasteiger partial charge in [0.2, 0.25) is 0 Å². The predicted octanol–water partition coefficient (Wildman–Crippen LogP) is 5.78. The zero-order chi connectivity index (χ0) is 22.4. The third-order valence-electron chi connectivity index (χ3n) is 10.4. The number of aliphatic hydroxyl groups is 1. The summed E-state index contributed by atoms with van der Waals surface area (Å²) in [5.41, 5.74) is 1.89. The Labute approximate surface area is 187 Å². The van der Waals surface area contributed by atoms with Crippen molar-refractivity contribution in [3.8, 4) is 0 Å². The normalized spacial score (nSPS) is 43.1. The Balaban J connectivity index is 0.000000196. The van der Waals surface area contributed by atoms with Crippen LogP contribution in [-0.4, -0.2) is 28.1 Å². The fraction of sp³-hybridized carbons (Fsp3) is 0.852. The average Bonchev–Trinajstić information content (AvgIpc) is 3.37. The van der Waals surface area contributed by atoms with E-state index in [1.807, 2.05) is 13.0 Å². The lowest BCUT2D eigenvalue weighted by molar-refractivity contribution is -0.142. The molecule has 4 saturated carbocycles. The Hall–Kier alpha value is -1.16. The predicted molar refractivity (Wildman–Crippen MR) is 121 cm³/mol. The van der Waals surface area contributed by atoms with Crippen LogP contribution < -0.4 is 0 Å². The smallest absolute Gasteiger partial charge is 0.306 e. The lowest BCUT2D eigenvalue weighted by Gasteiger charge is -2.57. The number of ketones is 1. The molecule has 7 atom stereocenters. The quantitative estimate of drug-likeness (QED) is 0.582. The Morgan fingerprint density at radius 3 is 2.39 bits per heavy atom. The summed E-state index contributed by atoms with van der Waals surface area (Å²) in [5.74, 6) is 2.28. The maximum Gasteiger partial charge on any atom is 0.306 e. The summed E-state index contributed by atoms with van der Waals surface area (Å²) in [6.07, 6.45) is 15.4. The molecule has 0 aromatic carbocycles. The molecule has 1 unspecified atom stereocenters. The van der Waals surface area contributed by atoms with Crippen molar-refractivity contribution in [2.45, 2.75) is 104 Å². The summed E-state index contributed by atoms with van der Waals surface area (Å²) in [4.78, 5) is 22.3. The average molecular weight is 431 g/mol.